The Hall–Kier alpha value is -2.44. The molecule has 0 saturated carbocycles. The smallest absolute Gasteiger partial charge is 0.183 e. The van der Waals surface area contributed by atoms with Crippen LogP contribution in [0.4, 0.5) is 4.39 Å². The van der Waals surface area contributed by atoms with E-state index in [1.165, 1.54) is 12.1 Å². The van der Waals surface area contributed by atoms with Gasteiger partial charge in [0, 0.05) is 31.1 Å². The van der Waals surface area contributed by atoms with Crippen molar-refractivity contribution in [3.63, 3.8) is 0 Å². The van der Waals surface area contributed by atoms with Crippen molar-refractivity contribution in [3.05, 3.63) is 77.8 Å². The minimum Gasteiger partial charge on any atom is -0.464 e. The number of nitrogens with zero attached hydrogens (tertiary/aromatic N) is 1. The van der Waals surface area contributed by atoms with Crippen molar-refractivity contribution in [1.29, 1.82) is 0 Å². The van der Waals surface area contributed by atoms with Crippen LogP contribution in [-0.4, -0.2) is 31.7 Å². The van der Waals surface area contributed by atoms with Crippen molar-refractivity contribution in [2.75, 3.05) is 13.1 Å². The van der Waals surface area contributed by atoms with Crippen molar-refractivity contribution in [2.24, 2.45) is 0 Å². The van der Waals surface area contributed by atoms with Gasteiger partial charge in [0.2, 0.25) is 0 Å². The molecular weight excluding hydrogens is 365 g/mol. The number of fused-ring (bicyclic) bond motifs is 3. The predicted octanol–water partition coefficient (Wildman–Crippen LogP) is 3.84. The average molecular weight is 383 g/mol. The van der Waals surface area contributed by atoms with Gasteiger partial charge < -0.3 is 4.42 Å². The minimum atomic E-state index is -3.33. The monoisotopic (exact) mass is 383 g/mol. The van der Waals surface area contributed by atoms with Crippen LogP contribution in [0.1, 0.15) is 17.0 Å². The Morgan fingerprint density at radius 3 is 2.63 bits per heavy atom. The fourth-order valence-corrected chi connectivity index (χ4v) is 6.49. The topological polar surface area (TPSA) is 50.5 Å². The molecule has 0 aliphatic carbocycles. The molecule has 2 aromatic carbocycles. The highest BCUT2D eigenvalue weighted by Gasteiger charge is 2.50. The fraction of sp³-hybridized carbons (Fsp3) is 0.238. The molecule has 2 atom stereocenters. The first-order chi connectivity index (χ1) is 13.0. The van der Waals surface area contributed by atoms with Crippen molar-refractivity contribution in [2.45, 2.75) is 22.6 Å². The molecule has 6 heteroatoms. The van der Waals surface area contributed by atoms with Gasteiger partial charge >= 0.3 is 0 Å². The van der Waals surface area contributed by atoms with Gasteiger partial charge in [0.1, 0.15) is 11.6 Å². The number of halogens is 1. The second-order valence-electron chi connectivity index (χ2n) is 7.24. The molecule has 0 amide bonds. The Kier molecular flexibility index (Phi) is 3.74. The number of rotatable bonds is 3. The summed E-state index contributed by atoms with van der Waals surface area (Å²) in [5.41, 5.74) is 2.76. The van der Waals surface area contributed by atoms with Crippen molar-refractivity contribution >= 4 is 9.84 Å². The van der Waals surface area contributed by atoms with E-state index in [2.05, 4.69) is 4.90 Å². The van der Waals surface area contributed by atoms with E-state index in [-0.39, 0.29) is 11.7 Å². The lowest BCUT2D eigenvalue weighted by Crippen LogP contribution is -2.25. The highest BCUT2D eigenvalue weighted by molar-refractivity contribution is 7.92. The van der Waals surface area contributed by atoms with Gasteiger partial charge in [0.15, 0.2) is 9.84 Å². The molecule has 0 spiro atoms. The lowest BCUT2D eigenvalue weighted by molar-refractivity contribution is 0.325. The van der Waals surface area contributed by atoms with Crippen LogP contribution in [0.5, 0.6) is 0 Å². The molecule has 1 aromatic heterocycles. The summed E-state index contributed by atoms with van der Waals surface area (Å²) in [6, 6.07) is 15.6. The fourth-order valence-electron chi connectivity index (χ4n) is 4.30. The van der Waals surface area contributed by atoms with E-state index in [0.29, 0.717) is 24.5 Å². The summed E-state index contributed by atoms with van der Waals surface area (Å²) >= 11 is 0. The first-order valence-electron chi connectivity index (χ1n) is 8.91. The van der Waals surface area contributed by atoms with E-state index >= 15 is 0 Å². The van der Waals surface area contributed by atoms with E-state index in [9.17, 15) is 12.8 Å². The van der Waals surface area contributed by atoms with Gasteiger partial charge in [-0.2, -0.15) is 0 Å². The number of hydrogen-bond acceptors (Lipinski definition) is 4. The second kappa shape index (κ2) is 6.04. The zero-order valence-corrected chi connectivity index (χ0v) is 15.3. The van der Waals surface area contributed by atoms with Gasteiger partial charge in [-0.05, 0) is 53.6 Å². The molecular formula is C21H18FNO3S. The maximum Gasteiger partial charge on any atom is 0.183 e. The highest BCUT2D eigenvalue weighted by Crippen LogP contribution is 2.46. The van der Waals surface area contributed by atoms with Gasteiger partial charge in [0.05, 0.1) is 16.4 Å². The third kappa shape index (κ3) is 2.71. The molecule has 2 aliphatic rings. The van der Waals surface area contributed by atoms with E-state index in [4.69, 9.17) is 4.42 Å². The van der Waals surface area contributed by atoms with Gasteiger partial charge in [-0.25, -0.2) is 12.8 Å². The highest BCUT2D eigenvalue weighted by atomic mass is 32.2. The summed E-state index contributed by atoms with van der Waals surface area (Å²) in [5, 5.41) is -0.417. The van der Waals surface area contributed by atoms with Crippen LogP contribution in [0.15, 0.2) is 70.2 Å². The van der Waals surface area contributed by atoms with Gasteiger partial charge in [-0.15, -0.1) is 0 Å². The molecule has 4 nitrogen and oxygen atoms in total. The Bertz CT molecular complexity index is 1090. The Morgan fingerprint density at radius 1 is 1.07 bits per heavy atom. The SMILES string of the molecule is O=S1(=O)c2ccc(-c3ccco3)cc2[C@@H]2CN(Cc3ccc(F)cc3)C[C@H]21. The number of likely N-dealkylation sites (tertiary alicyclic amines) is 1. The van der Waals surface area contributed by atoms with Gasteiger partial charge in [0.25, 0.3) is 0 Å². The van der Waals surface area contributed by atoms with Crippen molar-refractivity contribution in [3.8, 4) is 11.3 Å². The second-order valence-corrected chi connectivity index (χ2v) is 9.38. The maximum absolute atomic E-state index is 13.1. The standard InChI is InChI=1S/C21H18FNO3S/c22-16-6-3-14(4-7-16)11-23-12-18-17-10-15(19-2-1-9-26-19)5-8-20(17)27(24,25)21(18)13-23/h1-10,18,21H,11-13H2/t18-,21+/m0/s1. The Balaban J connectivity index is 1.46. The average Bonchev–Trinajstić information content (AvgIpc) is 3.36. The molecule has 0 unspecified atom stereocenters. The molecule has 0 radical (unpaired) electrons. The quantitative estimate of drug-likeness (QED) is 0.690. The van der Waals surface area contributed by atoms with Gasteiger partial charge in [-0.1, -0.05) is 12.1 Å². The molecule has 5 rings (SSSR count). The zero-order chi connectivity index (χ0) is 18.6. The summed E-state index contributed by atoms with van der Waals surface area (Å²) in [4.78, 5) is 2.59. The molecule has 0 bridgehead atoms. The third-order valence-electron chi connectivity index (χ3n) is 5.58. The van der Waals surface area contributed by atoms with Crippen molar-refractivity contribution in [1.82, 2.24) is 4.90 Å². The van der Waals surface area contributed by atoms with Gasteiger partial charge in [-0.3, -0.25) is 4.90 Å². The number of furan rings is 1. The van der Waals surface area contributed by atoms with Crippen molar-refractivity contribution < 1.29 is 17.2 Å². The molecule has 0 N–H and O–H groups in total. The van der Waals surface area contributed by atoms with E-state index in [0.717, 1.165) is 22.5 Å². The summed E-state index contributed by atoms with van der Waals surface area (Å²) in [6.45, 7) is 1.79. The lowest BCUT2D eigenvalue weighted by Gasteiger charge is -2.17. The zero-order valence-electron chi connectivity index (χ0n) is 14.5. The largest absolute Gasteiger partial charge is 0.464 e. The molecule has 27 heavy (non-hydrogen) atoms. The third-order valence-corrected chi connectivity index (χ3v) is 7.84. The van der Waals surface area contributed by atoms with Crippen LogP contribution >= 0.6 is 0 Å². The summed E-state index contributed by atoms with van der Waals surface area (Å²) in [7, 11) is -3.33. The van der Waals surface area contributed by atoms with Crippen LogP contribution in [0.3, 0.4) is 0 Å². The Labute approximate surface area is 157 Å². The van der Waals surface area contributed by atoms with Crippen LogP contribution in [-0.2, 0) is 16.4 Å². The van der Waals surface area contributed by atoms with Crippen LogP contribution in [0.25, 0.3) is 11.3 Å². The maximum atomic E-state index is 13.1. The molecule has 2 aliphatic heterocycles. The first kappa shape index (κ1) is 16.7. The first-order valence-corrected chi connectivity index (χ1v) is 10.5. The molecule has 3 heterocycles. The molecule has 1 fully saturated rings. The number of hydrogen-bond donors (Lipinski definition) is 0. The Morgan fingerprint density at radius 2 is 1.89 bits per heavy atom. The molecule has 1 saturated heterocycles. The number of sulfone groups is 1. The molecule has 3 aromatic rings. The van der Waals surface area contributed by atoms with Crippen LogP contribution in [0.2, 0.25) is 0 Å². The van der Waals surface area contributed by atoms with E-state index in [1.807, 2.05) is 24.3 Å². The minimum absolute atomic E-state index is 0.0413. The summed E-state index contributed by atoms with van der Waals surface area (Å²) < 4.78 is 44.6. The normalized spacial score (nSPS) is 23.3. The summed E-state index contributed by atoms with van der Waals surface area (Å²) in [6.07, 6.45) is 1.61. The number of benzene rings is 2. The summed E-state index contributed by atoms with van der Waals surface area (Å²) in [5.74, 6) is 0.430. The van der Waals surface area contributed by atoms with Crippen LogP contribution < -0.4 is 0 Å². The van der Waals surface area contributed by atoms with E-state index in [1.54, 1.807) is 24.5 Å². The van der Waals surface area contributed by atoms with E-state index < -0.39 is 15.1 Å². The predicted molar refractivity (Wildman–Crippen MR) is 99.5 cm³/mol. The molecule has 138 valence electrons. The lowest BCUT2D eigenvalue weighted by atomic mass is 9.96. The van der Waals surface area contributed by atoms with Crippen LogP contribution in [0, 0.1) is 5.82 Å².